The summed E-state index contributed by atoms with van der Waals surface area (Å²) in [5, 5.41) is 3.22. The van der Waals surface area contributed by atoms with Crippen LogP contribution in [0.25, 0.3) is 0 Å². The first-order valence-corrected chi connectivity index (χ1v) is 10.3. The third kappa shape index (κ3) is 4.19. The molecule has 1 aromatic rings. The lowest BCUT2D eigenvalue weighted by atomic mass is 9.95. The predicted octanol–water partition coefficient (Wildman–Crippen LogP) is 0.579. The molecule has 0 saturated carbocycles. The first-order chi connectivity index (χ1) is 11.9. The van der Waals surface area contributed by atoms with Crippen molar-refractivity contribution in [3.8, 4) is 0 Å². The number of benzene rings is 1. The van der Waals surface area contributed by atoms with E-state index >= 15 is 0 Å². The van der Waals surface area contributed by atoms with Crippen molar-refractivity contribution in [1.82, 2.24) is 14.9 Å². The number of likely N-dealkylation sites (tertiary alicyclic amines) is 1. The molecule has 138 valence electrons. The highest BCUT2D eigenvalue weighted by molar-refractivity contribution is 7.89. The van der Waals surface area contributed by atoms with Crippen molar-refractivity contribution in [3.05, 3.63) is 35.4 Å². The highest BCUT2D eigenvalue weighted by atomic mass is 32.2. The maximum absolute atomic E-state index is 13.9. The van der Waals surface area contributed by atoms with Crippen LogP contribution in [0.3, 0.4) is 0 Å². The summed E-state index contributed by atoms with van der Waals surface area (Å²) in [5.74, 6) is -0.191. The normalized spacial score (nSPS) is 26.5. The van der Waals surface area contributed by atoms with Gasteiger partial charge in [-0.3, -0.25) is 4.79 Å². The molecule has 2 aliphatic rings. The van der Waals surface area contributed by atoms with Crippen LogP contribution in [0.2, 0.25) is 0 Å². The zero-order valence-electron chi connectivity index (χ0n) is 14.2. The van der Waals surface area contributed by atoms with Crippen LogP contribution in [0.4, 0.5) is 4.39 Å². The summed E-state index contributed by atoms with van der Waals surface area (Å²) in [4.78, 5) is 14.4. The number of hydrogen-bond donors (Lipinski definition) is 2. The largest absolute Gasteiger partial charge is 0.334 e. The standard InChI is InChI=1S/C17H24FN3O3S/c1-2-25(23,24)20-10-15-8-14(18)11-21(15)17(22)16-7-12-5-3-4-6-13(12)9-19-16/h3-6,14-16,19-20H,2,7-11H2,1H3/t14-,15-,16+/m0/s1. The molecular weight excluding hydrogens is 345 g/mol. The van der Waals surface area contributed by atoms with Crippen LogP contribution < -0.4 is 10.0 Å². The first-order valence-electron chi connectivity index (χ1n) is 8.61. The zero-order valence-corrected chi connectivity index (χ0v) is 15.1. The molecule has 2 N–H and O–H groups in total. The molecule has 2 aliphatic heterocycles. The Labute approximate surface area is 147 Å². The number of halogens is 1. The lowest BCUT2D eigenvalue weighted by Gasteiger charge is -2.32. The van der Waals surface area contributed by atoms with Gasteiger partial charge < -0.3 is 10.2 Å². The monoisotopic (exact) mass is 369 g/mol. The maximum atomic E-state index is 13.9. The predicted molar refractivity (Wildman–Crippen MR) is 93.3 cm³/mol. The summed E-state index contributed by atoms with van der Waals surface area (Å²) in [6, 6.07) is 7.10. The molecule has 0 bridgehead atoms. The summed E-state index contributed by atoms with van der Waals surface area (Å²) < 4.78 is 39.6. The molecule has 0 aromatic heterocycles. The van der Waals surface area contributed by atoms with Crippen molar-refractivity contribution in [3.63, 3.8) is 0 Å². The quantitative estimate of drug-likeness (QED) is 0.796. The number of rotatable bonds is 5. The number of sulfonamides is 1. The van der Waals surface area contributed by atoms with E-state index in [1.807, 2.05) is 24.3 Å². The van der Waals surface area contributed by atoms with E-state index in [4.69, 9.17) is 0 Å². The van der Waals surface area contributed by atoms with Gasteiger partial charge in [0.1, 0.15) is 6.17 Å². The molecule has 0 spiro atoms. The number of carbonyl (C=O) groups is 1. The average molecular weight is 369 g/mol. The second-order valence-corrected chi connectivity index (χ2v) is 8.73. The number of fused-ring (bicyclic) bond motifs is 1. The highest BCUT2D eigenvalue weighted by Crippen LogP contribution is 2.24. The Morgan fingerprint density at radius 3 is 2.80 bits per heavy atom. The molecule has 3 atom stereocenters. The van der Waals surface area contributed by atoms with Gasteiger partial charge in [-0.2, -0.15) is 0 Å². The number of alkyl halides is 1. The molecule has 3 rings (SSSR count). The van der Waals surface area contributed by atoms with Gasteiger partial charge in [0.25, 0.3) is 0 Å². The molecule has 1 fully saturated rings. The van der Waals surface area contributed by atoms with E-state index in [-0.39, 0.29) is 31.2 Å². The number of carbonyl (C=O) groups excluding carboxylic acids is 1. The number of nitrogens with one attached hydrogen (secondary N) is 2. The summed E-state index contributed by atoms with van der Waals surface area (Å²) in [7, 11) is -3.36. The van der Waals surface area contributed by atoms with Crippen molar-refractivity contribution in [2.45, 2.75) is 44.6 Å². The minimum atomic E-state index is -3.36. The Bertz CT molecular complexity index is 740. The highest BCUT2D eigenvalue weighted by Gasteiger charge is 2.39. The van der Waals surface area contributed by atoms with Crippen molar-refractivity contribution < 1.29 is 17.6 Å². The molecule has 0 unspecified atom stereocenters. The minimum Gasteiger partial charge on any atom is -0.334 e. The molecule has 1 aromatic carbocycles. The maximum Gasteiger partial charge on any atom is 0.240 e. The fourth-order valence-electron chi connectivity index (χ4n) is 3.48. The smallest absolute Gasteiger partial charge is 0.240 e. The zero-order chi connectivity index (χ0) is 18.0. The van der Waals surface area contributed by atoms with Crippen molar-refractivity contribution in [1.29, 1.82) is 0 Å². The van der Waals surface area contributed by atoms with Crippen LogP contribution in [0, 0.1) is 0 Å². The number of amides is 1. The van der Waals surface area contributed by atoms with Crippen LogP contribution in [-0.4, -0.2) is 56.3 Å². The molecule has 0 aliphatic carbocycles. The van der Waals surface area contributed by atoms with E-state index in [0.29, 0.717) is 13.0 Å². The van der Waals surface area contributed by atoms with E-state index in [0.717, 1.165) is 5.56 Å². The molecule has 6 nitrogen and oxygen atoms in total. The molecule has 2 heterocycles. The fraction of sp³-hybridized carbons (Fsp3) is 0.588. The number of nitrogens with zero attached hydrogens (tertiary/aromatic N) is 1. The van der Waals surface area contributed by atoms with Crippen LogP contribution in [-0.2, 0) is 27.8 Å². The first kappa shape index (κ1) is 18.3. The van der Waals surface area contributed by atoms with Gasteiger partial charge in [0.05, 0.1) is 18.3 Å². The van der Waals surface area contributed by atoms with Crippen LogP contribution in [0.5, 0.6) is 0 Å². The molecular formula is C17H24FN3O3S. The van der Waals surface area contributed by atoms with E-state index in [9.17, 15) is 17.6 Å². The molecule has 8 heteroatoms. The van der Waals surface area contributed by atoms with Gasteiger partial charge in [-0.25, -0.2) is 17.5 Å². The average Bonchev–Trinajstić information content (AvgIpc) is 3.00. The van der Waals surface area contributed by atoms with Gasteiger partial charge in [0.15, 0.2) is 0 Å². The van der Waals surface area contributed by atoms with Gasteiger partial charge in [0.2, 0.25) is 15.9 Å². The Morgan fingerprint density at radius 2 is 2.08 bits per heavy atom. The summed E-state index contributed by atoms with van der Waals surface area (Å²) in [5.41, 5.74) is 2.29. The number of hydrogen-bond acceptors (Lipinski definition) is 4. The summed E-state index contributed by atoms with van der Waals surface area (Å²) >= 11 is 0. The van der Waals surface area contributed by atoms with Crippen LogP contribution >= 0.6 is 0 Å². The fourth-order valence-corrected chi connectivity index (χ4v) is 4.13. The topological polar surface area (TPSA) is 78.5 Å². The Hall–Kier alpha value is -1.51. The summed E-state index contributed by atoms with van der Waals surface area (Å²) in [6.07, 6.45) is -0.382. The lowest BCUT2D eigenvalue weighted by molar-refractivity contribution is -0.134. The van der Waals surface area contributed by atoms with E-state index in [1.165, 1.54) is 10.5 Å². The Kier molecular flexibility index (Phi) is 5.41. The third-order valence-electron chi connectivity index (χ3n) is 4.94. The molecule has 1 amide bonds. The van der Waals surface area contributed by atoms with Crippen LogP contribution in [0.1, 0.15) is 24.5 Å². The van der Waals surface area contributed by atoms with Gasteiger partial charge in [-0.15, -0.1) is 0 Å². The van der Waals surface area contributed by atoms with E-state index < -0.39 is 28.3 Å². The molecule has 1 saturated heterocycles. The molecule has 0 radical (unpaired) electrons. The third-order valence-corrected chi connectivity index (χ3v) is 6.31. The molecule has 25 heavy (non-hydrogen) atoms. The van der Waals surface area contributed by atoms with Crippen molar-refractivity contribution in [2.24, 2.45) is 0 Å². The summed E-state index contributed by atoms with van der Waals surface area (Å²) in [6.45, 7) is 2.23. The van der Waals surface area contributed by atoms with Crippen molar-refractivity contribution in [2.75, 3.05) is 18.8 Å². The van der Waals surface area contributed by atoms with Gasteiger partial charge >= 0.3 is 0 Å². The minimum absolute atomic E-state index is 0.0250. The van der Waals surface area contributed by atoms with E-state index in [1.54, 1.807) is 6.92 Å². The lowest BCUT2D eigenvalue weighted by Crippen LogP contribution is -2.53. The van der Waals surface area contributed by atoms with Gasteiger partial charge in [-0.1, -0.05) is 24.3 Å². The van der Waals surface area contributed by atoms with Crippen molar-refractivity contribution >= 4 is 15.9 Å². The second-order valence-electron chi connectivity index (χ2n) is 6.64. The van der Waals surface area contributed by atoms with Gasteiger partial charge in [-0.05, 0) is 24.5 Å². The van der Waals surface area contributed by atoms with Crippen LogP contribution in [0.15, 0.2) is 24.3 Å². The van der Waals surface area contributed by atoms with Gasteiger partial charge in [0, 0.05) is 25.6 Å². The second kappa shape index (κ2) is 7.39. The van der Waals surface area contributed by atoms with E-state index in [2.05, 4.69) is 10.0 Å². The Morgan fingerprint density at radius 1 is 1.36 bits per heavy atom. The Balaban J connectivity index is 1.68. The SMILES string of the molecule is CCS(=O)(=O)NC[C@@H]1C[C@H](F)CN1C(=O)[C@H]1Cc2ccccc2CN1.